The molecule has 0 unspecified atom stereocenters. The van der Waals surface area contributed by atoms with E-state index in [0.29, 0.717) is 23.8 Å². The molecule has 0 spiro atoms. The molecule has 8 heteroatoms. The number of hydrogen-bond acceptors (Lipinski definition) is 7. The molecule has 0 heterocycles. The Hall–Kier alpha value is -3.00. The van der Waals surface area contributed by atoms with Crippen LogP contribution in [0.1, 0.15) is 6.92 Å². The standard InChI is InChI=1S/C19H21NO6S/c1-4-26-16-7-5-14(6-8-16)20-13-18(19(21)25-3)27(22,23)17-11-9-15(24-2)10-12-17/h5-13,20H,4H2,1-3H3. The number of methoxy groups -OCH3 is 2. The minimum absolute atomic E-state index is 0.0477. The van der Waals surface area contributed by atoms with Gasteiger partial charge in [-0.25, -0.2) is 13.2 Å². The van der Waals surface area contributed by atoms with E-state index in [4.69, 9.17) is 9.47 Å². The Kier molecular flexibility index (Phi) is 6.84. The maximum Gasteiger partial charge on any atom is 0.351 e. The monoisotopic (exact) mass is 391 g/mol. The minimum Gasteiger partial charge on any atom is -0.497 e. The summed E-state index contributed by atoms with van der Waals surface area (Å²) in [6.07, 6.45) is 1.11. The van der Waals surface area contributed by atoms with Gasteiger partial charge in [0.2, 0.25) is 9.84 Å². The largest absolute Gasteiger partial charge is 0.497 e. The van der Waals surface area contributed by atoms with Gasteiger partial charge in [-0.15, -0.1) is 0 Å². The second-order valence-corrected chi connectivity index (χ2v) is 7.20. The first-order valence-corrected chi connectivity index (χ1v) is 9.57. The number of hydrogen-bond donors (Lipinski definition) is 1. The molecule has 0 saturated carbocycles. The third kappa shape index (κ3) is 5.01. The van der Waals surface area contributed by atoms with Crippen LogP contribution in [0.5, 0.6) is 11.5 Å². The van der Waals surface area contributed by atoms with Gasteiger partial charge < -0.3 is 19.5 Å². The van der Waals surface area contributed by atoms with Crippen molar-refractivity contribution in [3.8, 4) is 11.5 Å². The average Bonchev–Trinajstić information content (AvgIpc) is 2.69. The molecule has 27 heavy (non-hydrogen) atoms. The molecule has 0 atom stereocenters. The van der Waals surface area contributed by atoms with E-state index < -0.39 is 20.7 Å². The van der Waals surface area contributed by atoms with Crippen LogP contribution in [0.25, 0.3) is 0 Å². The van der Waals surface area contributed by atoms with E-state index in [1.54, 1.807) is 24.3 Å². The quantitative estimate of drug-likeness (QED) is 0.546. The van der Waals surface area contributed by atoms with E-state index in [1.807, 2.05) is 6.92 Å². The van der Waals surface area contributed by atoms with E-state index >= 15 is 0 Å². The van der Waals surface area contributed by atoms with E-state index in [9.17, 15) is 13.2 Å². The number of benzene rings is 2. The highest BCUT2D eigenvalue weighted by atomic mass is 32.2. The lowest BCUT2D eigenvalue weighted by Crippen LogP contribution is -2.17. The summed E-state index contributed by atoms with van der Waals surface area (Å²) in [4.78, 5) is 11.5. The molecule has 0 aliphatic carbocycles. The van der Waals surface area contributed by atoms with Crippen molar-refractivity contribution in [1.82, 2.24) is 0 Å². The Morgan fingerprint density at radius 1 is 1.00 bits per heavy atom. The summed E-state index contributed by atoms with van der Waals surface area (Å²) in [5, 5.41) is 2.81. The maximum absolute atomic E-state index is 12.8. The third-order valence-electron chi connectivity index (χ3n) is 3.58. The third-order valence-corrected chi connectivity index (χ3v) is 5.34. The lowest BCUT2D eigenvalue weighted by Gasteiger charge is -2.10. The van der Waals surface area contributed by atoms with Gasteiger partial charge in [0.1, 0.15) is 11.5 Å². The summed E-state index contributed by atoms with van der Waals surface area (Å²) in [6.45, 7) is 2.42. The number of sulfone groups is 1. The maximum atomic E-state index is 12.8. The Morgan fingerprint density at radius 3 is 2.11 bits per heavy atom. The number of nitrogens with one attached hydrogen (secondary N) is 1. The zero-order valence-electron chi connectivity index (χ0n) is 15.3. The fourth-order valence-corrected chi connectivity index (χ4v) is 3.46. The van der Waals surface area contributed by atoms with Gasteiger partial charge in [-0.2, -0.15) is 0 Å². The molecule has 0 aliphatic rings. The summed E-state index contributed by atoms with van der Waals surface area (Å²) in [5.74, 6) is 0.223. The summed E-state index contributed by atoms with van der Waals surface area (Å²) < 4.78 is 40.6. The van der Waals surface area contributed by atoms with Gasteiger partial charge in [0.05, 0.1) is 25.7 Å². The molecular formula is C19H21NO6S. The lowest BCUT2D eigenvalue weighted by atomic mass is 10.3. The normalized spacial score (nSPS) is 11.6. The molecule has 144 valence electrons. The van der Waals surface area contributed by atoms with Crippen molar-refractivity contribution in [2.24, 2.45) is 0 Å². The molecule has 1 N–H and O–H groups in total. The van der Waals surface area contributed by atoms with Gasteiger partial charge in [0.15, 0.2) is 4.91 Å². The number of anilines is 1. The predicted octanol–water partition coefficient (Wildman–Crippen LogP) is 2.99. The number of carbonyl (C=O) groups is 1. The van der Waals surface area contributed by atoms with Crippen LogP contribution >= 0.6 is 0 Å². The minimum atomic E-state index is -4.08. The number of rotatable bonds is 8. The molecule has 0 bridgehead atoms. The van der Waals surface area contributed by atoms with Gasteiger partial charge in [-0.3, -0.25) is 0 Å². The summed E-state index contributed by atoms with van der Waals surface area (Å²) >= 11 is 0. The van der Waals surface area contributed by atoms with E-state index in [-0.39, 0.29) is 4.90 Å². The van der Waals surface area contributed by atoms with Crippen molar-refractivity contribution >= 4 is 21.5 Å². The van der Waals surface area contributed by atoms with E-state index in [0.717, 1.165) is 13.3 Å². The Bertz CT molecular complexity index is 902. The molecule has 0 radical (unpaired) electrons. The van der Waals surface area contributed by atoms with Gasteiger partial charge in [-0.1, -0.05) is 0 Å². The number of esters is 1. The molecular weight excluding hydrogens is 370 g/mol. The van der Waals surface area contributed by atoms with Gasteiger partial charge >= 0.3 is 5.97 Å². The fraction of sp³-hybridized carbons (Fsp3) is 0.211. The molecule has 0 amide bonds. The first-order chi connectivity index (χ1) is 12.9. The number of ether oxygens (including phenoxy) is 3. The van der Waals surface area contributed by atoms with E-state index in [2.05, 4.69) is 10.1 Å². The zero-order valence-corrected chi connectivity index (χ0v) is 16.1. The Labute approximate surface area is 158 Å². The highest BCUT2D eigenvalue weighted by molar-refractivity contribution is 7.96. The van der Waals surface area contributed by atoms with Crippen LogP contribution < -0.4 is 14.8 Å². The van der Waals surface area contributed by atoms with Gasteiger partial charge in [0.25, 0.3) is 0 Å². The predicted molar refractivity (Wildman–Crippen MR) is 102 cm³/mol. The van der Waals surface area contributed by atoms with Crippen LogP contribution in [-0.4, -0.2) is 35.2 Å². The topological polar surface area (TPSA) is 90.9 Å². The molecule has 0 fully saturated rings. The first kappa shape index (κ1) is 20.3. The lowest BCUT2D eigenvalue weighted by molar-refractivity contribution is -0.135. The molecule has 2 rings (SSSR count). The molecule has 2 aromatic carbocycles. The van der Waals surface area contributed by atoms with E-state index in [1.165, 1.54) is 31.4 Å². The molecule has 2 aromatic rings. The van der Waals surface area contributed by atoms with Crippen LogP contribution in [0.3, 0.4) is 0 Å². The first-order valence-electron chi connectivity index (χ1n) is 8.09. The number of carbonyl (C=O) groups excluding carboxylic acids is 1. The average molecular weight is 391 g/mol. The smallest absolute Gasteiger partial charge is 0.351 e. The van der Waals surface area contributed by atoms with Crippen LogP contribution in [0.15, 0.2) is 64.5 Å². The van der Waals surface area contributed by atoms with Crippen molar-refractivity contribution in [3.05, 3.63) is 59.6 Å². The van der Waals surface area contributed by atoms with Crippen LogP contribution in [0.4, 0.5) is 5.69 Å². The van der Waals surface area contributed by atoms with Crippen LogP contribution in [-0.2, 0) is 19.4 Å². The fourth-order valence-electron chi connectivity index (χ4n) is 2.19. The van der Waals surface area contributed by atoms with Crippen molar-refractivity contribution in [1.29, 1.82) is 0 Å². The zero-order chi connectivity index (χ0) is 19.9. The summed E-state index contributed by atoms with van der Waals surface area (Å²) in [6, 6.07) is 12.6. The highest BCUT2D eigenvalue weighted by Gasteiger charge is 2.28. The Morgan fingerprint density at radius 2 is 1.59 bits per heavy atom. The van der Waals surface area contributed by atoms with Crippen molar-refractivity contribution < 1.29 is 27.4 Å². The van der Waals surface area contributed by atoms with Crippen LogP contribution in [0, 0.1) is 0 Å². The summed E-state index contributed by atoms with van der Waals surface area (Å²) in [5.41, 5.74) is 0.588. The molecule has 0 aromatic heterocycles. The highest BCUT2D eigenvalue weighted by Crippen LogP contribution is 2.23. The molecule has 7 nitrogen and oxygen atoms in total. The summed E-state index contributed by atoms with van der Waals surface area (Å²) in [7, 11) is -1.48. The van der Waals surface area contributed by atoms with Crippen LogP contribution in [0.2, 0.25) is 0 Å². The second kappa shape index (κ2) is 9.09. The van der Waals surface area contributed by atoms with Crippen molar-refractivity contribution in [2.75, 3.05) is 26.1 Å². The second-order valence-electron chi connectivity index (χ2n) is 5.28. The molecule has 0 saturated heterocycles. The van der Waals surface area contributed by atoms with Crippen molar-refractivity contribution in [2.45, 2.75) is 11.8 Å². The van der Waals surface area contributed by atoms with Gasteiger partial charge in [0, 0.05) is 11.9 Å². The van der Waals surface area contributed by atoms with Gasteiger partial charge in [-0.05, 0) is 55.5 Å². The Balaban J connectivity index is 2.32. The SMILES string of the molecule is CCOc1ccc(NC=C(C(=O)OC)S(=O)(=O)c2ccc(OC)cc2)cc1. The molecule has 0 aliphatic heterocycles. The van der Waals surface area contributed by atoms with Crippen molar-refractivity contribution in [3.63, 3.8) is 0 Å².